The zero-order valence-corrected chi connectivity index (χ0v) is 15.7. The summed E-state index contributed by atoms with van der Waals surface area (Å²) in [7, 11) is -3.09. The molecule has 0 radical (unpaired) electrons. The summed E-state index contributed by atoms with van der Waals surface area (Å²) in [6.07, 6.45) is 2.95. The molecule has 0 bridgehead atoms. The van der Waals surface area contributed by atoms with Crippen LogP contribution >= 0.6 is 11.6 Å². The van der Waals surface area contributed by atoms with Gasteiger partial charge in [0, 0.05) is 6.04 Å². The number of rotatable bonds is 7. The zero-order chi connectivity index (χ0) is 17.7. The van der Waals surface area contributed by atoms with Crippen LogP contribution in [-0.4, -0.2) is 37.9 Å². The number of nitrogens with one attached hydrogen (secondary N) is 2. The fourth-order valence-electron chi connectivity index (χ4n) is 3.16. The third-order valence-corrected chi connectivity index (χ3v) is 7.10. The number of carbonyl (C=O) groups is 1. The number of sulfone groups is 1. The minimum absolute atomic E-state index is 0.0764. The molecule has 2 unspecified atom stereocenters. The largest absolute Gasteiger partial charge is 0.324 e. The Morgan fingerprint density at radius 3 is 2.75 bits per heavy atom. The van der Waals surface area contributed by atoms with E-state index in [9.17, 15) is 13.2 Å². The predicted molar refractivity (Wildman–Crippen MR) is 98.3 cm³/mol. The average Bonchev–Trinajstić information content (AvgIpc) is 2.97. The van der Waals surface area contributed by atoms with E-state index in [0.29, 0.717) is 23.6 Å². The van der Waals surface area contributed by atoms with Gasteiger partial charge in [0.2, 0.25) is 5.91 Å². The quantitative estimate of drug-likeness (QED) is 0.771. The van der Waals surface area contributed by atoms with Crippen molar-refractivity contribution in [3.8, 4) is 0 Å². The van der Waals surface area contributed by atoms with Crippen molar-refractivity contribution in [2.75, 3.05) is 17.6 Å². The highest BCUT2D eigenvalue weighted by atomic mass is 35.5. The smallest absolute Gasteiger partial charge is 0.238 e. The van der Waals surface area contributed by atoms with Gasteiger partial charge in [-0.05, 0) is 43.9 Å². The van der Waals surface area contributed by atoms with E-state index in [-0.39, 0.29) is 29.5 Å². The molecule has 1 aliphatic rings. The molecule has 1 amide bonds. The highest BCUT2D eigenvalue weighted by Gasteiger charge is 2.36. The van der Waals surface area contributed by atoms with Gasteiger partial charge in [0.15, 0.2) is 9.84 Å². The van der Waals surface area contributed by atoms with E-state index in [4.69, 9.17) is 11.6 Å². The highest BCUT2D eigenvalue weighted by molar-refractivity contribution is 7.92. The van der Waals surface area contributed by atoms with Crippen LogP contribution in [0, 0.1) is 6.92 Å². The van der Waals surface area contributed by atoms with Gasteiger partial charge in [-0.2, -0.15) is 0 Å². The van der Waals surface area contributed by atoms with Crippen molar-refractivity contribution in [1.82, 2.24) is 5.32 Å². The van der Waals surface area contributed by atoms with Crippen LogP contribution in [0.3, 0.4) is 0 Å². The molecule has 2 rings (SSSR count). The Labute approximate surface area is 149 Å². The predicted octanol–water partition coefficient (Wildman–Crippen LogP) is 2.92. The van der Waals surface area contributed by atoms with Gasteiger partial charge in [0.25, 0.3) is 0 Å². The van der Waals surface area contributed by atoms with Gasteiger partial charge in [-0.3, -0.25) is 4.79 Å². The van der Waals surface area contributed by atoms with E-state index in [0.717, 1.165) is 18.4 Å². The molecule has 1 aromatic rings. The van der Waals surface area contributed by atoms with Crippen LogP contribution in [0.4, 0.5) is 5.69 Å². The van der Waals surface area contributed by atoms with Crippen LogP contribution in [0.2, 0.25) is 5.02 Å². The Bertz CT molecular complexity index is 691. The lowest BCUT2D eigenvalue weighted by Crippen LogP contribution is -2.44. The molecule has 1 aromatic carbocycles. The molecule has 0 saturated heterocycles. The SMILES string of the molecule is CCCS(=O)(=O)C1CCCC1NCC(=O)Nc1ccc(C)cc1Cl. The molecule has 134 valence electrons. The van der Waals surface area contributed by atoms with Gasteiger partial charge < -0.3 is 10.6 Å². The molecule has 5 nitrogen and oxygen atoms in total. The van der Waals surface area contributed by atoms with E-state index in [1.807, 2.05) is 19.9 Å². The lowest BCUT2D eigenvalue weighted by Gasteiger charge is -2.21. The maximum Gasteiger partial charge on any atom is 0.238 e. The molecule has 2 atom stereocenters. The molecule has 0 heterocycles. The second kappa shape index (κ2) is 8.32. The molecule has 1 saturated carbocycles. The first-order valence-corrected chi connectivity index (χ1v) is 10.4. The normalized spacial score (nSPS) is 21.0. The summed E-state index contributed by atoms with van der Waals surface area (Å²) in [4.78, 5) is 12.1. The first-order chi connectivity index (χ1) is 11.3. The maximum absolute atomic E-state index is 12.3. The van der Waals surface area contributed by atoms with E-state index >= 15 is 0 Å². The number of anilines is 1. The van der Waals surface area contributed by atoms with Crippen LogP contribution < -0.4 is 10.6 Å². The minimum atomic E-state index is -3.09. The fraction of sp³-hybridized carbons (Fsp3) is 0.588. The number of aryl methyl sites for hydroxylation is 1. The number of hydrogen-bond donors (Lipinski definition) is 2. The van der Waals surface area contributed by atoms with E-state index in [1.54, 1.807) is 12.1 Å². The monoisotopic (exact) mass is 372 g/mol. The Kier molecular flexibility index (Phi) is 6.66. The first-order valence-electron chi connectivity index (χ1n) is 8.34. The van der Waals surface area contributed by atoms with Gasteiger partial charge in [-0.15, -0.1) is 0 Å². The molecular weight excluding hydrogens is 348 g/mol. The molecule has 24 heavy (non-hydrogen) atoms. The Morgan fingerprint density at radius 2 is 2.08 bits per heavy atom. The van der Waals surface area contributed by atoms with Crippen LogP contribution in [0.15, 0.2) is 18.2 Å². The number of benzene rings is 1. The van der Waals surface area contributed by atoms with Crippen LogP contribution in [-0.2, 0) is 14.6 Å². The lowest BCUT2D eigenvalue weighted by atomic mass is 10.2. The van der Waals surface area contributed by atoms with Gasteiger partial charge in [-0.25, -0.2) is 8.42 Å². The second-order valence-corrected chi connectivity index (χ2v) is 9.10. The molecular formula is C17H25ClN2O3S. The van der Waals surface area contributed by atoms with E-state index in [2.05, 4.69) is 10.6 Å². The molecule has 1 fully saturated rings. The fourth-order valence-corrected chi connectivity index (χ4v) is 5.58. The van der Waals surface area contributed by atoms with Crippen molar-refractivity contribution in [3.05, 3.63) is 28.8 Å². The Morgan fingerprint density at radius 1 is 1.33 bits per heavy atom. The maximum atomic E-state index is 12.3. The van der Waals surface area contributed by atoms with Gasteiger partial charge in [0.1, 0.15) is 0 Å². The second-order valence-electron chi connectivity index (χ2n) is 6.36. The van der Waals surface area contributed by atoms with Gasteiger partial charge >= 0.3 is 0 Å². The zero-order valence-electron chi connectivity index (χ0n) is 14.1. The average molecular weight is 373 g/mol. The summed E-state index contributed by atoms with van der Waals surface area (Å²) in [5.41, 5.74) is 1.58. The Balaban J connectivity index is 1.91. The summed E-state index contributed by atoms with van der Waals surface area (Å²) >= 11 is 6.10. The summed E-state index contributed by atoms with van der Waals surface area (Å²) in [6.45, 7) is 3.87. The number of hydrogen-bond acceptors (Lipinski definition) is 4. The molecule has 7 heteroatoms. The molecule has 0 spiro atoms. The lowest BCUT2D eigenvalue weighted by molar-refractivity contribution is -0.115. The molecule has 2 N–H and O–H groups in total. The van der Waals surface area contributed by atoms with Crippen molar-refractivity contribution in [2.24, 2.45) is 0 Å². The van der Waals surface area contributed by atoms with Crippen molar-refractivity contribution >= 4 is 33.0 Å². The highest BCUT2D eigenvalue weighted by Crippen LogP contribution is 2.26. The van der Waals surface area contributed by atoms with E-state index < -0.39 is 9.84 Å². The van der Waals surface area contributed by atoms with Gasteiger partial charge in [0.05, 0.1) is 28.3 Å². The van der Waals surface area contributed by atoms with Crippen molar-refractivity contribution < 1.29 is 13.2 Å². The number of amides is 1. The van der Waals surface area contributed by atoms with Crippen LogP contribution in [0.1, 0.15) is 38.2 Å². The Hall–Kier alpha value is -1.11. The van der Waals surface area contributed by atoms with Gasteiger partial charge in [-0.1, -0.05) is 31.0 Å². The number of halogens is 1. The third-order valence-electron chi connectivity index (χ3n) is 4.33. The number of carbonyl (C=O) groups excluding carboxylic acids is 1. The summed E-state index contributed by atoms with van der Waals surface area (Å²) < 4.78 is 24.6. The molecule has 0 aromatic heterocycles. The summed E-state index contributed by atoms with van der Waals surface area (Å²) in [5, 5.41) is 5.98. The standard InChI is InChI=1S/C17H25ClN2O3S/c1-3-9-24(22,23)16-6-4-5-15(16)19-11-17(21)20-14-8-7-12(2)10-13(14)18/h7-8,10,15-16,19H,3-6,9,11H2,1-2H3,(H,20,21). The van der Waals surface area contributed by atoms with Crippen LogP contribution in [0.5, 0.6) is 0 Å². The van der Waals surface area contributed by atoms with E-state index in [1.165, 1.54) is 0 Å². The van der Waals surface area contributed by atoms with Crippen molar-refractivity contribution in [1.29, 1.82) is 0 Å². The molecule has 1 aliphatic carbocycles. The summed E-state index contributed by atoms with van der Waals surface area (Å²) in [6, 6.07) is 5.27. The van der Waals surface area contributed by atoms with Crippen molar-refractivity contribution in [2.45, 2.75) is 50.8 Å². The van der Waals surface area contributed by atoms with Crippen LogP contribution in [0.25, 0.3) is 0 Å². The van der Waals surface area contributed by atoms with Crippen molar-refractivity contribution in [3.63, 3.8) is 0 Å². The summed E-state index contributed by atoms with van der Waals surface area (Å²) in [5.74, 6) is -0.0135. The minimum Gasteiger partial charge on any atom is -0.324 e. The first kappa shape index (κ1) is 19.2. The third kappa shape index (κ3) is 4.94. The molecule has 0 aliphatic heterocycles. The topological polar surface area (TPSA) is 75.3 Å².